The molecule has 0 saturated carbocycles. The monoisotopic (exact) mass is 374 g/mol. The van der Waals surface area contributed by atoms with E-state index in [1.807, 2.05) is 48.2 Å². The summed E-state index contributed by atoms with van der Waals surface area (Å²) in [5.41, 5.74) is 2.19. The number of nitrogens with zero attached hydrogens (tertiary/aromatic N) is 2. The number of carbonyl (C=O) groups is 1. The van der Waals surface area contributed by atoms with Crippen LogP contribution in [0.1, 0.15) is 5.56 Å². The molecule has 1 amide bonds. The van der Waals surface area contributed by atoms with E-state index in [0.29, 0.717) is 23.9 Å². The summed E-state index contributed by atoms with van der Waals surface area (Å²) in [5, 5.41) is 0.521. The summed E-state index contributed by atoms with van der Waals surface area (Å²) in [4.78, 5) is 16.5. The molecule has 6 heteroatoms. The van der Waals surface area contributed by atoms with Crippen LogP contribution in [-0.4, -0.2) is 50.7 Å². The molecule has 1 fully saturated rings. The Morgan fingerprint density at radius 3 is 2.42 bits per heavy atom. The third kappa shape index (κ3) is 4.41. The van der Waals surface area contributed by atoms with E-state index in [0.717, 1.165) is 30.1 Å². The predicted molar refractivity (Wildman–Crippen MR) is 103 cm³/mol. The molecule has 0 aliphatic carbocycles. The summed E-state index contributed by atoms with van der Waals surface area (Å²) < 4.78 is 10.8. The van der Waals surface area contributed by atoms with Crippen molar-refractivity contribution < 1.29 is 14.3 Å². The number of amides is 1. The van der Waals surface area contributed by atoms with E-state index in [-0.39, 0.29) is 12.5 Å². The van der Waals surface area contributed by atoms with E-state index in [9.17, 15) is 4.79 Å². The summed E-state index contributed by atoms with van der Waals surface area (Å²) in [6, 6.07) is 13.5. The van der Waals surface area contributed by atoms with Crippen molar-refractivity contribution in [3.63, 3.8) is 0 Å². The molecule has 26 heavy (non-hydrogen) atoms. The van der Waals surface area contributed by atoms with Crippen LogP contribution in [0.4, 0.5) is 5.69 Å². The summed E-state index contributed by atoms with van der Waals surface area (Å²) >= 11 is 6.11. The number of benzene rings is 2. The van der Waals surface area contributed by atoms with Crippen molar-refractivity contribution in [3.05, 3.63) is 53.1 Å². The number of anilines is 1. The number of hydrogen-bond acceptors (Lipinski definition) is 4. The highest BCUT2D eigenvalue weighted by Gasteiger charge is 2.22. The molecule has 2 aromatic rings. The van der Waals surface area contributed by atoms with Gasteiger partial charge in [-0.25, -0.2) is 0 Å². The van der Waals surface area contributed by atoms with E-state index < -0.39 is 0 Å². The highest BCUT2D eigenvalue weighted by molar-refractivity contribution is 6.32. The smallest absolute Gasteiger partial charge is 0.260 e. The van der Waals surface area contributed by atoms with Gasteiger partial charge in [-0.1, -0.05) is 17.7 Å². The third-order valence-corrected chi connectivity index (χ3v) is 4.82. The van der Waals surface area contributed by atoms with E-state index in [1.54, 1.807) is 13.2 Å². The number of ether oxygens (including phenoxy) is 2. The Balaban J connectivity index is 1.50. The second-order valence-corrected chi connectivity index (χ2v) is 6.70. The lowest BCUT2D eigenvalue weighted by molar-refractivity contribution is -0.133. The summed E-state index contributed by atoms with van der Waals surface area (Å²) in [6.07, 6.45) is 0. The van der Waals surface area contributed by atoms with E-state index in [1.165, 1.54) is 0 Å². The Kier molecular flexibility index (Phi) is 5.89. The zero-order valence-electron chi connectivity index (χ0n) is 15.1. The van der Waals surface area contributed by atoms with Crippen LogP contribution in [0.25, 0.3) is 0 Å². The standard InChI is InChI=1S/C20H23ClN2O3/c1-15-3-8-18(21)19(13-15)26-14-20(24)23-11-9-22(10-12-23)16-4-6-17(25-2)7-5-16/h3-8,13H,9-12,14H2,1-2H3. The molecule has 1 saturated heterocycles. The molecular weight excluding hydrogens is 352 g/mol. The summed E-state index contributed by atoms with van der Waals surface area (Å²) in [5.74, 6) is 1.38. The molecule has 0 radical (unpaired) electrons. The van der Waals surface area contributed by atoms with Crippen LogP contribution in [0.2, 0.25) is 5.02 Å². The number of rotatable bonds is 5. The lowest BCUT2D eigenvalue weighted by atomic mass is 10.2. The molecule has 0 atom stereocenters. The first-order valence-corrected chi connectivity index (χ1v) is 9.00. The Labute approximate surface area is 159 Å². The van der Waals surface area contributed by atoms with Gasteiger partial charge in [-0.3, -0.25) is 4.79 Å². The maximum absolute atomic E-state index is 12.4. The first kappa shape index (κ1) is 18.4. The number of methoxy groups -OCH3 is 1. The van der Waals surface area contributed by atoms with Crippen LogP contribution >= 0.6 is 11.6 Å². The minimum atomic E-state index is -0.0167. The first-order chi connectivity index (χ1) is 12.6. The molecule has 0 N–H and O–H groups in total. The summed E-state index contributed by atoms with van der Waals surface area (Å²) in [7, 11) is 1.66. The lowest BCUT2D eigenvalue weighted by Crippen LogP contribution is -2.50. The van der Waals surface area contributed by atoms with Crippen molar-refractivity contribution in [2.24, 2.45) is 0 Å². The third-order valence-electron chi connectivity index (χ3n) is 4.51. The lowest BCUT2D eigenvalue weighted by Gasteiger charge is -2.36. The van der Waals surface area contributed by atoms with Gasteiger partial charge >= 0.3 is 0 Å². The molecule has 0 aromatic heterocycles. The van der Waals surface area contributed by atoms with Crippen molar-refractivity contribution in [1.82, 2.24) is 4.90 Å². The number of piperazine rings is 1. The molecule has 0 bridgehead atoms. The number of halogens is 1. The molecule has 1 heterocycles. The number of carbonyl (C=O) groups excluding carboxylic acids is 1. The Morgan fingerprint density at radius 2 is 1.77 bits per heavy atom. The van der Waals surface area contributed by atoms with Gasteiger partial charge < -0.3 is 19.3 Å². The minimum absolute atomic E-state index is 0.00566. The van der Waals surface area contributed by atoms with Gasteiger partial charge in [-0.05, 0) is 48.9 Å². The maximum Gasteiger partial charge on any atom is 0.260 e. The average molecular weight is 375 g/mol. The fourth-order valence-corrected chi connectivity index (χ4v) is 3.13. The number of hydrogen-bond donors (Lipinski definition) is 0. The predicted octanol–water partition coefficient (Wildman–Crippen LogP) is 3.38. The Bertz CT molecular complexity index is 756. The highest BCUT2D eigenvalue weighted by atomic mass is 35.5. The molecule has 1 aliphatic heterocycles. The van der Waals surface area contributed by atoms with Gasteiger partial charge in [0, 0.05) is 31.9 Å². The van der Waals surface area contributed by atoms with Crippen molar-refractivity contribution >= 4 is 23.2 Å². The molecule has 3 rings (SSSR count). The Morgan fingerprint density at radius 1 is 1.08 bits per heavy atom. The van der Waals surface area contributed by atoms with Crippen LogP contribution in [0.3, 0.4) is 0 Å². The van der Waals surface area contributed by atoms with Crippen molar-refractivity contribution in [3.8, 4) is 11.5 Å². The van der Waals surface area contributed by atoms with Crippen LogP contribution < -0.4 is 14.4 Å². The minimum Gasteiger partial charge on any atom is -0.497 e. The topological polar surface area (TPSA) is 42.0 Å². The van der Waals surface area contributed by atoms with Gasteiger partial charge in [0.1, 0.15) is 11.5 Å². The van der Waals surface area contributed by atoms with E-state index in [4.69, 9.17) is 21.1 Å². The average Bonchev–Trinajstić information content (AvgIpc) is 2.68. The molecule has 2 aromatic carbocycles. The van der Waals surface area contributed by atoms with Crippen LogP contribution in [0, 0.1) is 6.92 Å². The van der Waals surface area contributed by atoms with Gasteiger partial charge in [0.2, 0.25) is 0 Å². The summed E-state index contributed by atoms with van der Waals surface area (Å²) in [6.45, 7) is 4.91. The molecule has 0 spiro atoms. The number of aryl methyl sites for hydroxylation is 1. The first-order valence-electron chi connectivity index (χ1n) is 8.62. The Hall–Kier alpha value is -2.40. The molecule has 5 nitrogen and oxygen atoms in total. The zero-order chi connectivity index (χ0) is 18.5. The van der Waals surface area contributed by atoms with E-state index >= 15 is 0 Å². The van der Waals surface area contributed by atoms with Crippen LogP contribution in [0.15, 0.2) is 42.5 Å². The normalized spacial score (nSPS) is 14.3. The highest BCUT2D eigenvalue weighted by Crippen LogP contribution is 2.25. The molecule has 138 valence electrons. The SMILES string of the molecule is COc1ccc(N2CCN(C(=O)COc3cc(C)ccc3Cl)CC2)cc1. The zero-order valence-corrected chi connectivity index (χ0v) is 15.8. The second kappa shape index (κ2) is 8.32. The van der Waals surface area contributed by atoms with Gasteiger partial charge in [0.25, 0.3) is 5.91 Å². The maximum atomic E-state index is 12.4. The molecule has 1 aliphatic rings. The quantitative estimate of drug-likeness (QED) is 0.804. The van der Waals surface area contributed by atoms with Gasteiger partial charge in [0.05, 0.1) is 12.1 Å². The van der Waals surface area contributed by atoms with Crippen LogP contribution in [0.5, 0.6) is 11.5 Å². The van der Waals surface area contributed by atoms with Gasteiger partial charge in [-0.15, -0.1) is 0 Å². The van der Waals surface area contributed by atoms with Crippen molar-refractivity contribution in [2.75, 3.05) is 44.8 Å². The largest absolute Gasteiger partial charge is 0.497 e. The van der Waals surface area contributed by atoms with Gasteiger partial charge in [0.15, 0.2) is 6.61 Å². The fraction of sp³-hybridized carbons (Fsp3) is 0.350. The fourth-order valence-electron chi connectivity index (χ4n) is 2.96. The van der Waals surface area contributed by atoms with Gasteiger partial charge in [-0.2, -0.15) is 0 Å². The second-order valence-electron chi connectivity index (χ2n) is 6.29. The van der Waals surface area contributed by atoms with Crippen LogP contribution in [-0.2, 0) is 4.79 Å². The molecular formula is C20H23ClN2O3. The van der Waals surface area contributed by atoms with Crippen molar-refractivity contribution in [2.45, 2.75) is 6.92 Å². The molecule has 0 unspecified atom stereocenters. The van der Waals surface area contributed by atoms with E-state index in [2.05, 4.69) is 4.90 Å². The van der Waals surface area contributed by atoms with Crippen molar-refractivity contribution in [1.29, 1.82) is 0 Å².